The van der Waals surface area contributed by atoms with E-state index < -0.39 is 23.3 Å². The fraction of sp³-hybridized carbons (Fsp3) is 0.114. The molecule has 1 aliphatic heterocycles. The molecule has 0 radical (unpaired) electrons. The lowest BCUT2D eigenvalue weighted by Gasteiger charge is -2.32. The summed E-state index contributed by atoms with van der Waals surface area (Å²) in [5.74, 6) is -2.92. The zero-order chi connectivity index (χ0) is 40.1. The molecule has 0 aliphatic carbocycles. The van der Waals surface area contributed by atoms with Gasteiger partial charge in [-0.1, -0.05) is 0 Å². The SMILES string of the molecule is CN1CCN(C(=O)c2ccc3nc(-c4ccc(F)c(-c5cc(-c6nc7nc(O)ccc7nc6-c6ccc(F)cc6)ccc5F)c4)c(-c4ccc(F)cc4)nc3n2)CC1. The summed E-state index contributed by atoms with van der Waals surface area (Å²) in [7, 11) is 2.00. The standard InChI is InChI=1S/C44H30F4N8O2/c1-55-18-20-56(21-19-55)44(58)36-15-14-34-42(51-36)53-39(25-4-10-29(46)11-5-25)40(50-34)26-6-12-32(47)30(22-26)31-23-27(7-13-33(31)48)41-38(24-2-8-28(45)9-3-24)49-35-16-17-37(57)52-43(35)54-41/h2-17,22-23H,18-21H2,1H3,(H,52,54,57). The molecule has 9 rings (SSSR count). The van der Waals surface area contributed by atoms with Gasteiger partial charge in [0.15, 0.2) is 11.3 Å². The number of piperazine rings is 1. The van der Waals surface area contributed by atoms with Gasteiger partial charge in [-0.3, -0.25) is 4.79 Å². The number of nitrogens with zero attached hydrogens (tertiary/aromatic N) is 8. The molecule has 0 atom stereocenters. The second kappa shape index (κ2) is 14.7. The van der Waals surface area contributed by atoms with Gasteiger partial charge >= 0.3 is 0 Å². The maximum atomic E-state index is 15.9. The van der Waals surface area contributed by atoms with Crippen molar-refractivity contribution in [1.82, 2.24) is 39.7 Å². The van der Waals surface area contributed by atoms with Crippen LogP contribution in [0.2, 0.25) is 0 Å². The molecule has 0 unspecified atom stereocenters. The zero-order valence-corrected chi connectivity index (χ0v) is 30.7. The van der Waals surface area contributed by atoms with Crippen LogP contribution < -0.4 is 0 Å². The van der Waals surface area contributed by atoms with Gasteiger partial charge in [0.05, 0.1) is 22.8 Å². The summed E-state index contributed by atoms with van der Waals surface area (Å²) in [4.78, 5) is 45.0. The maximum absolute atomic E-state index is 15.9. The number of fused-ring (bicyclic) bond motifs is 2. The van der Waals surface area contributed by atoms with E-state index >= 15 is 8.78 Å². The lowest BCUT2D eigenvalue weighted by atomic mass is 9.95. The molecule has 8 aromatic rings. The van der Waals surface area contributed by atoms with Crippen LogP contribution in [0.25, 0.3) is 78.5 Å². The van der Waals surface area contributed by atoms with Gasteiger partial charge < -0.3 is 14.9 Å². The number of pyridine rings is 2. The summed E-state index contributed by atoms with van der Waals surface area (Å²) < 4.78 is 59.9. The van der Waals surface area contributed by atoms with E-state index in [1.165, 1.54) is 97.1 Å². The highest BCUT2D eigenvalue weighted by Crippen LogP contribution is 2.38. The lowest BCUT2D eigenvalue weighted by molar-refractivity contribution is 0.0658. The first-order valence-electron chi connectivity index (χ1n) is 18.2. The molecule has 1 aliphatic rings. The molecule has 5 heterocycles. The van der Waals surface area contributed by atoms with Crippen LogP contribution in [0.1, 0.15) is 10.5 Å². The van der Waals surface area contributed by atoms with Crippen LogP contribution in [0.3, 0.4) is 0 Å². The van der Waals surface area contributed by atoms with Crippen LogP contribution in [-0.4, -0.2) is 83.9 Å². The highest BCUT2D eigenvalue weighted by molar-refractivity contribution is 5.95. The molecule has 1 saturated heterocycles. The van der Waals surface area contributed by atoms with Crippen molar-refractivity contribution < 1.29 is 27.5 Å². The van der Waals surface area contributed by atoms with Crippen LogP contribution >= 0.6 is 0 Å². The molecule has 0 spiro atoms. The van der Waals surface area contributed by atoms with Crippen molar-refractivity contribution in [2.75, 3.05) is 33.2 Å². The van der Waals surface area contributed by atoms with Gasteiger partial charge in [0.25, 0.3) is 5.91 Å². The second-order valence-corrected chi connectivity index (χ2v) is 13.9. The number of aromatic nitrogens is 6. The van der Waals surface area contributed by atoms with Gasteiger partial charge in [-0.2, -0.15) is 4.98 Å². The van der Waals surface area contributed by atoms with Crippen molar-refractivity contribution in [2.45, 2.75) is 0 Å². The predicted molar refractivity (Wildman–Crippen MR) is 210 cm³/mol. The number of amides is 1. The molecular formula is C44H30F4N8O2. The van der Waals surface area contributed by atoms with Crippen molar-refractivity contribution in [3.63, 3.8) is 0 Å². The van der Waals surface area contributed by atoms with E-state index in [1.54, 1.807) is 17.0 Å². The van der Waals surface area contributed by atoms with Gasteiger partial charge in [-0.15, -0.1) is 0 Å². The Kier molecular flexibility index (Phi) is 9.25. The minimum absolute atomic E-state index is 0.105. The average Bonchev–Trinajstić information content (AvgIpc) is 3.23. The summed E-state index contributed by atoms with van der Waals surface area (Å²) in [6.45, 7) is 2.60. The third kappa shape index (κ3) is 6.94. The number of aromatic hydroxyl groups is 1. The number of hydrogen-bond donors (Lipinski definition) is 1. The first-order chi connectivity index (χ1) is 28.1. The monoisotopic (exact) mass is 778 g/mol. The fourth-order valence-corrected chi connectivity index (χ4v) is 6.94. The Morgan fingerprint density at radius 1 is 0.517 bits per heavy atom. The maximum Gasteiger partial charge on any atom is 0.272 e. The molecular weight excluding hydrogens is 749 g/mol. The number of halogens is 4. The Labute approximate surface area is 328 Å². The number of carbonyl (C=O) groups excluding carboxylic acids is 1. The third-order valence-corrected chi connectivity index (χ3v) is 10.1. The Hall–Kier alpha value is -7.19. The van der Waals surface area contributed by atoms with Crippen LogP contribution in [0.15, 0.2) is 109 Å². The van der Waals surface area contributed by atoms with Crippen molar-refractivity contribution in [2.24, 2.45) is 0 Å². The molecule has 0 saturated carbocycles. The number of likely N-dealkylation sites (N-methyl/N-ethyl adjacent to an activating group) is 1. The van der Waals surface area contributed by atoms with E-state index in [0.29, 0.717) is 52.1 Å². The molecule has 4 aromatic carbocycles. The first-order valence-corrected chi connectivity index (χ1v) is 18.2. The predicted octanol–water partition coefficient (Wildman–Crippen LogP) is 8.35. The van der Waals surface area contributed by atoms with Crippen molar-refractivity contribution in [3.05, 3.63) is 138 Å². The minimum atomic E-state index is -0.738. The van der Waals surface area contributed by atoms with Crippen molar-refractivity contribution in [1.29, 1.82) is 0 Å². The number of carbonyl (C=O) groups is 1. The smallest absolute Gasteiger partial charge is 0.272 e. The average molecular weight is 779 g/mol. The van der Waals surface area contributed by atoms with Gasteiger partial charge in [0.2, 0.25) is 5.88 Å². The van der Waals surface area contributed by atoms with Crippen molar-refractivity contribution in [3.8, 4) is 62.0 Å². The van der Waals surface area contributed by atoms with Gasteiger partial charge in [0, 0.05) is 65.6 Å². The molecule has 14 heteroatoms. The van der Waals surface area contributed by atoms with E-state index in [4.69, 9.17) is 15.0 Å². The topological polar surface area (TPSA) is 121 Å². The first kappa shape index (κ1) is 36.4. The van der Waals surface area contributed by atoms with Crippen LogP contribution in [0, 0.1) is 23.3 Å². The van der Waals surface area contributed by atoms with Crippen molar-refractivity contribution >= 4 is 28.2 Å². The molecule has 1 fully saturated rings. The number of benzene rings is 4. The highest BCUT2D eigenvalue weighted by atomic mass is 19.1. The molecule has 1 N–H and O–H groups in total. The largest absolute Gasteiger partial charge is 0.493 e. The van der Waals surface area contributed by atoms with Crippen LogP contribution in [0.4, 0.5) is 17.6 Å². The summed E-state index contributed by atoms with van der Waals surface area (Å²) in [5, 5.41) is 10.1. The zero-order valence-electron chi connectivity index (χ0n) is 30.7. The quantitative estimate of drug-likeness (QED) is 0.166. The molecule has 10 nitrogen and oxygen atoms in total. The van der Waals surface area contributed by atoms with Crippen LogP contribution in [-0.2, 0) is 0 Å². The Bertz CT molecular complexity index is 2900. The van der Waals surface area contributed by atoms with E-state index in [2.05, 4.69) is 19.9 Å². The Balaban J connectivity index is 1.17. The van der Waals surface area contributed by atoms with E-state index in [1.807, 2.05) is 7.05 Å². The fourth-order valence-electron chi connectivity index (χ4n) is 6.94. The summed E-state index contributed by atoms with van der Waals surface area (Å²) in [6, 6.07) is 25.5. The van der Waals surface area contributed by atoms with E-state index in [-0.39, 0.29) is 57.0 Å². The molecule has 4 aromatic heterocycles. The van der Waals surface area contributed by atoms with Gasteiger partial charge in [-0.05, 0) is 110 Å². The molecule has 0 bridgehead atoms. The number of hydrogen-bond acceptors (Lipinski definition) is 9. The molecule has 286 valence electrons. The normalized spacial score (nSPS) is 13.4. The lowest BCUT2D eigenvalue weighted by Crippen LogP contribution is -2.47. The summed E-state index contributed by atoms with van der Waals surface area (Å²) in [5.41, 5.74) is 3.76. The summed E-state index contributed by atoms with van der Waals surface area (Å²) >= 11 is 0. The van der Waals surface area contributed by atoms with Crippen LogP contribution in [0.5, 0.6) is 5.88 Å². The summed E-state index contributed by atoms with van der Waals surface area (Å²) in [6.07, 6.45) is 0. The van der Waals surface area contributed by atoms with Gasteiger partial charge in [0.1, 0.15) is 40.0 Å². The minimum Gasteiger partial charge on any atom is -0.493 e. The number of rotatable bonds is 6. The third-order valence-electron chi connectivity index (χ3n) is 10.1. The van der Waals surface area contributed by atoms with E-state index in [0.717, 1.165) is 13.1 Å². The molecule has 58 heavy (non-hydrogen) atoms. The highest BCUT2D eigenvalue weighted by Gasteiger charge is 2.24. The van der Waals surface area contributed by atoms with E-state index in [9.17, 15) is 18.7 Å². The van der Waals surface area contributed by atoms with Gasteiger partial charge in [-0.25, -0.2) is 42.5 Å². The Morgan fingerprint density at radius 2 is 0.966 bits per heavy atom. The Morgan fingerprint density at radius 3 is 1.52 bits per heavy atom. The molecule has 1 amide bonds. The second-order valence-electron chi connectivity index (χ2n) is 13.9.